The number of anilines is 1. The molecule has 1 amide bonds. The number of nitrogen functional groups attached to an aromatic ring is 1. The summed E-state index contributed by atoms with van der Waals surface area (Å²) >= 11 is 11.4. The third-order valence-electron chi connectivity index (χ3n) is 5.28. The summed E-state index contributed by atoms with van der Waals surface area (Å²) in [6.07, 6.45) is 2.45. The van der Waals surface area contributed by atoms with Crippen molar-refractivity contribution in [2.75, 3.05) is 20.0 Å². The first-order valence-electron chi connectivity index (χ1n) is 11.1. The molecule has 4 aromatic rings. The highest BCUT2D eigenvalue weighted by Gasteiger charge is 2.25. The topological polar surface area (TPSA) is 147 Å². The van der Waals surface area contributed by atoms with Crippen LogP contribution in [-0.4, -0.2) is 41.7 Å². The van der Waals surface area contributed by atoms with Crippen molar-refractivity contribution in [3.05, 3.63) is 111 Å². The molecule has 0 spiro atoms. The molecule has 2 heterocycles. The quantitative estimate of drug-likeness (QED) is 0.289. The number of ether oxygens (including phenoxy) is 2. The number of aromatic nitrogens is 2. The van der Waals surface area contributed by atoms with Gasteiger partial charge in [0, 0.05) is 12.4 Å². The van der Waals surface area contributed by atoms with Gasteiger partial charge < -0.3 is 20.9 Å². The Labute approximate surface area is 236 Å². The van der Waals surface area contributed by atoms with Crippen LogP contribution < -0.4 is 20.9 Å². The van der Waals surface area contributed by atoms with Crippen molar-refractivity contribution < 1.29 is 32.6 Å². The van der Waals surface area contributed by atoms with Crippen molar-refractivity contribution in [2.45, 2.75) is 0 Å². The highest BCUT2D eigenvalue weighted by molar-refractivity contribution is 6.31. The molecule has 0 fully saturated rings. The van der Waals surface area contributed by atoms with Crippen molar-refractivity contribution in [1.29, 1.82) is 0 Å². The molecule has 0 saturated heterocycles. The van der Waals surface area contributed by atoms with Crippen LogP contribution in [0.15, 0.2) is 60.9 Å². The van der Waals surface area contributed by atoms with Crippen molar-refractivity contribution >= 4 is 46.4 Å². The van der Waals surface area contributed by atoms with Crippen LogP contribution in [0.5, 0.6) is 11.5 Å². The third kappa shape index (κ3) is 6.50. The van der Waals surface area contributed by atoms with E-state index in [4.69, 9.17) is 44.1 Å². The number of nitrogens with zero attached hydrogens (tertiary/aromatic N) is 2. The first-order chi connectivity index (χ1) is 19.0. The van der Waals surface area contributed by atoms with E-state index < -0.39 is 29.1 Å². The minimum atomic E-state index is -0.886. The number of hydrogen-bond acceptors (Lipinski definition) is 8. The molecular formula is C27H20Cl2F2N4O5. The number of rotatable bonds is 7. The highest BCUT2D eigenvalue weighted by Crippen LogP contribution is 2.27. The molecule has 0 saturated carbocycles. The van der Waals surface area contributed by atoms with Gasteiger partial charge in [0.25, 0.3) is 5.91 Å². The zero-order chi connectivity index (χ0) is 29.6. The van der Waals surface area contributed by atoms with E-state index in [0.29, 0.717) is 5.02 Å². The van der Waals surface area contributed by atoms with Crippen LogP contribution in [0, 0.1) is 11.6 Å². The average Bonchev–Trinajstić information content (AvgIpc) is 2.92. The standard InChI is InChI=1S/C14H10ClFN2O3.C13H10ClFN2O2/c1-21-10-4-2-3-9(16)11(10)13(19)12-8(14(17)20)5-7(15)6-18-12;1-19-10-4-2-3-8(15)11(10)13(18)12-9(16)5-7(14)6-17-12/h2-6H,1H3,(H2,17,20);2-6H,16H2,1H3. The summed E-state index contributed by atoms with van der Waals surface area (Å²) in [6.45, 7) is 0. The Morgan fingerprint density at radius 2 is 1.23 bits per heavy atom. The van der Waals surface area contributed by atoms with E-state index in [9.17, 15) is 23.2 Å². The van der Waals surface area contributed by atoms with Gasteiger partial charge in [-0.2, -0.15) is 0 Å². The van der Waals surface area contributed by atoms with E-state index in [-0.39, 0.29) is 50.3 Å². The van der Waals surface area contributed by atoms with Crippen molar-refractivity contribution in [3.8, 4) is 11.5 Å². The summed E-state index contributed by atoms with van der Waals surface area (Å²) in [7, 11) is 2.65. The molecule has 206 valence electrons. The highest BCUT2D eigenvalue weighted by atomic mass is 35.5. The molecule has 0 aliphatic carbocycles. The van der Waals surface area contributed by atoms with Gasteiger partial charge in [-0.3, -0.25) is 19.4 Å². The van der Waals surface area contributed by atoms with E-state index in [2.05, 4.69) is 9.97 Å². The number of primary amides is 1. The normalized spacial score (nSPS) is 10.2. The lowest BCUT2D eigenvalue weighted by Gasteiger charge is -2.10. The van der Waals surface area contributed by atoms with Gasteiger partial charge in [-0.25, -0.2) is 13.8 Å². The van der Waals surface area contributed by atoms with E-state index in [1.54, 1.807) is 0 Å². The van der Waals surface area contributed by atoms with Crippen LogP contribution in [-0.2, 0) is 0 Å². The fraction of sp³-hybridized carbons (Fsp3) is 0.0741. The van der Waals surface area contributed by atoms with Gasteiger partial charge in [-0.1, -0.05) is 35.3 Å². The van der Waals surface area contributed by atoms with Crippen LogP contribution in [0.4, 0.5) is 14.5 Å². The fourth-order valence-corrected chi connectivity index (χ4v) is 3.80. The largest absolute Gasteiger partial charge is 0.496 e. The molecule has 2 aromatic heterocycles. The molecule has 0 atom stereocenters. The van der Waals surface area contributed by atoms with Gasteiger partial charge >= 0.3 is 0 Å². The van der Waals surface area contributed by atoms with Gasteiger partial charge in [0.15, 0.2) is 0 Å². The predicted octanol–water partition coefficient (Wildman–Crippen LogP) is 4.91. The third-order valence-corrected chi connectivity index (χ3v) is 5.69. The summed E-state index contributed by atoms with van der Waals surface area (Å²) < 4.78 is 37.6. The van der Waals surface area contributed by atoms with Crippen LogP contribution in [0.1, 0.15) is 42.5 Å². The van der Waals surface area contributed by atoms with Crippen molar-refractivity contribution in [1.82, 2.24) is 9.97 Å². The number of nitrogens with two attached hydrogens (primary N) is 2. The van der Waals surface area contributed by atoms with Gasteiger partial charge in [-0.15, -0.1) is 0 Å². The monoisotopic (exact) mass is 588 g/mol. The van der Waals surface area contributed by atoms with E-state index in [0.717, 1.165) is 6.07 Å². The molecule has 40 heavy (non-hydrogen) atoms. The van der Waals surface area contributed by atoms with Crippen LogP contribution >= 0.6 is 23.2 Å². The van der Waals surface area contributed by atoms with Gasteiger partial charge in [0.2, 0.25) is 11.6 Å². The lowest BCUT2D eigenvalue weighted by Crippen LogP contribution is -2.19. The van der Waals surface area contributed by atoms with E-state index >= 15 is 0 Å². The Morgan fingerprint density at radius 3 is 1.68 bits per heavy atom. The first kappa shape index (κ1) is 29.9. The predicted molar refractivity (Wildman–Crippen MR) is 144 cm³/mol. The van der Waals surface area contributed by atoms with E-state index in [1.165, 1.54) is 69.1 Å². The Hall–Kier alpha value is -4.61. The minimum Gasteiger partial charge on any atom is -0.496 e. The molecular weight excluding hydrogens is 569 g/mol. The maximum absolute atomic E-state index is 13.9. The molecule has 2 aromatic carbocycles. The Kier molecular flexibility index (Phi) is 9.70. The smallest absolute Gasteiger partial charge is 0.251 e. The summed E-state index contributed by atoms with van der Waals surface area (Å²) in [6, 6.07) is 10.6. The summed E-state index contributed by atoms with van der Waals surface area (Å²) in [4.78, 5) is 43.7. The first-order valence-corrected chi connectivity index (χ1v) is 11.9. The summed E-state index contributed by atoms with van der Waals surface area (Å²) in [5.74, 6) is -3.66. The Morgan fingerprint density at radius 1 is 0.775 bits per heavy atom. The number of pyridine rings is 2. The number of hydrogen-bond donors (Lipinski definition) is 2. The van der Waals surface area contributed by atoms with Crippen LogP contribution in [0.3, 0.4) is 0 Å². The number of halogens is 4. The van der Waals surface area contributed by atoms with Crippen LogP contribution in [0.2, 0.25) is 10.0 Å². The van der Waals surface area contributed by atoms with Crippen molar-refractivity contribution in [2.24, 2.45) is 5.73 Å². The number of methoxy groups -OCH3 is 2. The lowest BCUT2D eigenvalue weighted by molar-refractivity contribution is 0.0976. The molecule has 4 rings (SSSR count). The average molecular weight is 589 g/mol. The second-order valence-electron chi connectivity index (χ2n) is 7.80. The summed E-state index contributed by atoms with van der Waals surface area (Å²) in [5.41, 5.74) is 9.90. The maximum Gasteiger partial charge on any atom is 0.251 e. The zero-order valence-corrected chi connectivity index (χ0v) is 22.4. The number of ketones is 2. The molecule has 9 nitrogen and oxygen atoms in total. The second-order valence-corrected chi connectivity index (χ2v) is 8.67. The Bertz CT molecular complexity index is 1620. The number of carbonyl (C=O) groups excluding carboxylic acids is 3. The molecule has 0 bridgehead atoms. The lowest BCUT2D eigenvalue weighted by atomic mass is 10.0. The zero-order valence-electron chi connectivity index (χ0n) is 20.9. The van der Waals surface area contributed by atoms with E-state index in [1.807, 2.05) is 0 Å². The Balaban J connectivity index is 0.000000222. The summed E-state index contributed by atoms with van der Waals surface area (Å²) in [5, 5.41) is 0.440. The molecule has 0 unspecified atom stereocenters. The number of amides is 1. The van der Waals surface area contributed by atoms with Crippen molar-refractivity contribution in [3.63, 3.8) is 0 Å². The minimum absolute atomic E-state index is 0.0344. The number of carbonyl (C=O) groups is 3. The molecule has 0 aliphatic heterocycles. The van der Waals surface area contributed by atoms with Crippen LogP contribution in [0.25, 0.3) is 0 Å². The molecule has 0 aliphatic rings. The molecule has 13 heteroatoms. The SMILES string of the molecule is COc1cccc(F)c1C(=O)c1ncc(Cl)cc1C(N)=O.COc1cccc(F)c1C(=O)c1ncc(Cl)cc1N. The van der Waals surface area contributed by atoms with Gasteiger partial charge in [0.05, 0.1) is 35.5 Å². The van der Waals surface area contributed by atoms with Gasteiger partial charge in [0.1, 0.15) is 45.6 Å². The number of benzene rings is 2. The van der Waals surface area contributed by atoms with Gasteiger partial charge in [-0.05, 0) is 36.4 Å². The second kappa shape index (κ2) is 13.0. The maximum atomic E-state index is 13.9. The molecule has 4 N–H and O–H groups in total. The fourth-order valence-electron chi connectivity index (χ4n) is 3.48. The molecule has 0 radical (unpaired) electrons.